The highest BCUT2D eigenvalue weighted by Crippen LogP contribution is 2.29. The number of benzene rings is 3. The second kappa shape index (κ2) is 12.2. The molecule has 3 aromatic carbocycles. The van der Waals surface area contributed by atoms with Crippen LogP contribution in [0.25, 0.3) is 28.0 Å². The van der Waals surface area contributed by atoms with E-state index in [9.17, 15) is 14.4 Å². The van der Waals surface area contributed by atoms with E-state index in [1.807, 2.05) is 31.2 Å². The topological polar surface area (TPSA) is 154 Å². The number of nitrogen functional groups attached to an aromatic ring is 1. The number of hydrogen-bond acceptors (Lipinski definition) is 8. The number of nitrogens with one attached hydrogen (secondary N) is 1. The number of imidazole rings is 1. The SMILES string of the molecule is C[C@H]1Cn2c(c(C(=O)NCc3ccccc3-c3ccncn3)n(-c3ccc4oc(N)nc4c3)c2=O)CN1C(=O)c1ccc(Br)c(Cl)c1. The quantitative estimate of drug-likeness (QED) is 0.239. The van der Waals surface area contributed by atoms with Crippen molar-refractivity contribution in [3.63, 3.8) is 0 Å². The largest absolute Gasteiger partial charge is 0.424 e. The van der Waals surface area contributed by atoms with Crippen LogP contribution in [0.4, 0.5) is 6.01 Å². The fourth-order valence-electron chi connectivity index (χ4n) is 5.86. The molecule has 1 atom stereocenters. The number of hydrogen-bond donors (Lipinski definition) is 2. The summed E-state index contributed by atoms with van der Waals surface area (Å²) in [5, 5.41) is 3.40. The first-order valence-electron chi connectivity index (χ1n) is 14.6. The lowest BCUT2D eigenvalue weighted by atomic mass is 10.0. The monoisotopic (exact) mass is 712 g/mol. The van der Waals surface area contributed by atoms with Gasteiger partial charge in [-0.15, -0.1) is 0 Å². The first kappa shape index (κ1) is 30.4. The Balaban J connectivity index is 1.30. The van der Waals surface area contributed by atoms with Gasteiger partial charge in [-0.25, -0.2) is 14.8 Å². The number of aromatic nitrogens is 5. The third-order valence-electron chi connectivity index (χ3n) is 8.15. The number of anilines is 1. The first-order chi connectivity index (χ1) is 22.7. The number of nitrogens with two attached hydrogens (primary N) is 1. The molecule has 2 amide bonds. The third-order valence-corrected chi connectivity index (χ3v) is 9.38. The number of carbonyl (C=O) groups is 2. The number of amides is 2. The summed E-state index contributed by atoms with van der Waals surface area (Å²) >= 11 is 9.67. The lowest BCUT2D eigenvalue weighted by Gasteiger charge is -2.34. The van der Waals surface area contributed by atoms with Crippen molar-refractivity contribution in [3.05, 3.63) is 122 Å². The molecule has 0 spiro atoms. The van der Waals surface area contributed by atoms with Crippen LogP contribution in [0.2, 0.25) is 5.02 Å². The van der Waals surface area contributed by atoms with Crippen LogP contribution in [0.5, 0.6) is 0 Å². The first-order valence-corrected chi connectivity index (χ1v) is 15.8. The minimum absolute atomic E-state index is 0.00928. The summed E-state index contributed by atoms with van der Waals surface area (Å²) < 4.78 is 8.99. The van der Waals surface area contributed by atoms with Crippen molar-refractivity contribution in [2.24, 2.45) is 0 Å². The van der Waals surface area contributed by atoms with Crippen molar-refractivity contribution in [3.8, 4) is 16.9 Å². The Morgan fingerprint density at radius 2 is 1.96 bits per heavy atom. The van der Waals surface area contributed by atoms with Gasteiger partial charge in [-0.05, 0) is 70.9 Å². The molecule has 0 aliphatic carbocycles. The van der Waals surface area contributed by atoms with Gasteiger partial charge < -0.3 is 20.4 Å². The van der Waals surface area contributed by atoms with Crippen molar-refractivity contribution >= 4 is 56.5 Å². The zero-order valence-corrected chi connectivity index (χ0v) is 27.2. The van der Waals surface area contributed by atoms with E-state index < -0.39 is 11.6 Å². The minimum atomic E-state index is -0.498. The van der Waals surface area contributed by atoms with Gasteiger partial charge in [-0.1, -0.05) is 35.9 Å². The standard InChI is InChI=1S/C33H26BrClN8O4/c1-18-15-42-27(16-41(18)31(45)19-6-8-23(34)24(35)12-19)29(43(33(42)46)21-7-9-28-26(13-21)40-32(36)47-28)30(44)38-14-20-4-2-3-5-22(20)25-10-11-37-17-39-25/h2-13,17-18H,14-16H2,1H3,(H2,36,40)(H,38,44)/t18-/m0/s1. The van der Waals surface area contributed by atoms with Crippen LogP contribution in [0, 0.1) is 0 Å². The zero-order chi connectivity index (χ0) is 32.8. The molecule has 0 radical (unpaired) electrons. The van der Waals surface area contributed by atoms with E-state index in [2.05, 4.69) is 36.2 Å². The van der Waals surface area contributed by atoms with Gasteiger partial charge in [-0.3, -0.25) is 18.7 Å². The summed E-state index contributed by atoms with van der Waals surface area (Å²) in [6, 6.07) is 18.9. The van der Waals surface area contributed by atoms with Gasteiger partial charge >= 0.3 is 5.69 Å². The average Bonchev–Trinajstić information content (AvgIpc) is 3.59. The van der Waals surface area contributed by atoms with Gasteiger partial charge in [-0.2, -0.15) is 4.98 Å². The number of halogens is 2. The number of rotatable bonds is 6. The van der Waals surface area contributed by atoms with Gasteiger partial charge in [0.05, 0.1) is 28.6 Å². The van der Waals surface area contributed by atoms with E-state index in [1.54, 1.807) is 58.1 Å². The Labute approximate surface area is 280 Å². The number of oxazole rings is 1. The fourth-order valence-corrected chi connectivity index (χ4v) is 6.29. The normalized spacial score (nSPS) is 14.3. The molecule has 1 aliphatic rings. The molecule has 3 aromatic heterocycles. The highest BCUT2D eigenvalue weighted by Gasteiger charge is 2.35. The van der Waals surface area contributed by atoms with Crippen LogP contribution in [0.15, 0.2) is 92.9 Å². The maximum Gasteiger partial charge on any atom is 0.333 e. The number of carbonyl (C=O) groups excluding carboxylic acids is 2. The van der Waals surface area contributed by atoms with Crippen LogP contribution in [0.1, 0.15) is 39.0 Å². The Bertz CT molecular complexity index is 2250. The lowest BCUT2D eigenvalue weighted by Crippen LogP contribution is -2.47. The molecule has 0 saturated carbocycles. The maximum atomic E-state index is 14.2. The second-order valence-electron chi connectivity index (χ2n) is 11.1. The predicted molar refractivity (Wildman–Crippen MR) is 179 cm³/mol. The molecule has 0 bridgehead atoms. The van der Waals surface area contributed by atoms with Gasteiger partial charge in [0.25, 0.3) is 17.8 Å². The molecule has 4 heterocycles. The van der Waals surface area contributed by atoms with Crippen LogP contribution in [0.3, 0.4) is 0 Å². The zero-order valence-electron chi connectivity index (χ0n) is 24.9. The summed E-state index contributed by atoms with van der Waals surface area (Å²) in [5.41, 5.74) is 9.86. The van der Waals surface area contributed by atoms with Crippen LogP contribution in [-0.2, 0) is 19.6 Å². The van der Waals surface area contributed by atoms with Crippen LogP contribution < -0.4 is 16.7 Å². The summed E-state index contributed by atoms with van der Waals surface area (Å²) in [5.74, 6) is -0.773. The third kappa shape index (κ3) is 5.57. The molecular formula is C33H26BrClN8O4. The van der Waals surface area contributed by atoms with Crippen LogP contribution >= 0.6 is 27.5 Å². The highest BCUT2D eigenvalue weighted by molar-refractivity contribution is 9.10. The van der Waals surface area contributed by atoms with Crippen molar-refractivity contribution in [1.29, 1.82) is 0 Å². The summed E-state index contributed by atoms with van der Waals surface area (Å²) in [6.07, 6.45) is 3.12. The van der Waals surface area contributed by atoms with E-state index >= 15 is 0 Å². The highest BCUT2D eigenvalue weighted by atomic mass is 79.9. The number of nitrogens with zero attached hydrogens (tertiary/aromatic N) is 6. The Morgan fingerprint density at radius 1 is 1.13 bits per heavy atom. The predicted octanol–water partition coefficient (Wildman–Crippen LogP) is 5.21. The average molecular weight is 714 g/mol. The Kier molecular flexibility index (Phi) is 7.86. The van der Waals surface area contributed by atoms with Gasteiger partial charge in [0.1, 0.15) is 17.5 Å². The smallest absolute Gasteiger partial charge is 0.333 e. The molecule has 1 aliphatic heterocycles. The summed E-state index contributed by atoms with van der Waals surface area (Å²) in [7, 11) is 0. The van der Waals surface area contributed by atoms with E-state index in [-0.39, 0.29) is 43.3 Å². The van der Waals surface area contributed by atoms with Gasteiger partial charge in [0.15, 0.2) is 5.58 Å². The van der Waals surface area contributed by atoms with E-state index in [1.165, 1.54) is 10.9 Å². The molecule has 0 fully saturated rings. The van der Waals surface area contributed by atoms with Gasteiger partial charge in [0, 0.05) is 40.9 Å². The Morgan fingerprint density at radius 3 is 2.74 bits per heavy atom. The summed E-state index contributed by atoms with van der Waals surface area (Å²) in [6.45, 7) is 2.19. The van der Waals surface area contributed by atoms with Gasteiger partial charge in [0.2, 0.25) is 0 Å². The molecule has 0 unspecified atom stereocenters. The number of fused-ring (bicyclic) bond motifs is 2. The molecule has 47 heavy (non-hydrogen) atoms. The van der Waals surface area contributed by atoms with E-state index in [4.69, 9.17) is 21.8 Å². The molecule has 3 N–H and O–H groups in total. The molecule has 0 saturated heterocycles. The van der Waals surface area contributed by atoms with Crippen molar-refractivity contribution < 1.29 is 14.0 Å². The van der Waals surface area contributed by atoms with Crippen molar-refractivity contribution in [1.82, 2.24) is 34.3 Å². The molecular weight excluding hydrogens is 688 g/mol. The molecule has 12 nitrogen and oxygen atoms in total. The molecule has 236 valence electrons. The van der Waals surface area contributed by atoms with E-state index in [0.29, 0.717) is 43.2 Å². The molecule has 14 heteroatoms. The molecule has 7 rings (SSSR count). The van der Waals surface area contributed by atoms with E-state index in [0.717, 1.165) is 11.1 Å². The maximum absolute atomic E-state index is 14.2. The minimum Gasteiger partial charge on any atom is -0.424 e. The van der Waals surface area contributed by atoms with Crippen molar-refractivity contribution in [2.45, 2.75) is 32.6 Å². The van der Waals surface area contributed by atoms with Crippen molar-refractivity contribution in [2.75, 3.05) is 5.73 Å². The molecule has 6 aromatic rings. The Hall–Kier alpha value is -5.27. The fraction of sp³-hybridized carbons (Fsp3) is 0.152. The van der Waals surface area contributed by atoms with Crippen LogP contribution in [-0.4, -0.2) is 46.8 Å². The lowest BCUT2D eigenvalue weighted by molar-refractivity contribution is 0.0610. The second-order valence-corrected chi connectivity index (χ2v) is 12.3. The summed E-state index contributed by atoms with van der Waals surface area (Å²) in [4.78, 5) is 56.3.